The second-order valence-corrected chi connectivity index (χ2v) is 5.13. The molecule has 15 heavy (non-hydrogen) atoms. The van der Waals surface area contributed by atoms with Gasteiger partial charge in [-0.1, -0.05) is 19.4 Å². The number of carbonyl (C=O) groups is 1. The van der Waals surface area contributed by atoms with Crippen LogP contribution in [-0.4, -0.2) is 11.1 Å². The minimum absolute atomic E-state index is 0.587. The molecule has 1 atom stereocenters. The highest BCUT2D eigenvalue weighted by atomic mass is 16.4. The van der Waals surface area contributed by atoms with Gasteiger partial charge in [-0.25, -0.2) is 4.79 Å². The summed E-state index contributed by atoms with van der Waals surface area (Å²) >= 11 is 0. The van der Waals surface area contributed by atoms with Crippen molar-refractivity contribution >= 4 is 5.97 Å². The van der Waals surface area contributed by atoms with E-state index in [4.69, 9.17) is 5.11 Å². The van der Waals surface area contributed by atoms with Gasteiger partial charge in [0.2, 0.25) is 0 Å². The van der Waals surface area contributed by atoms with E-state index in [-0.39, 0.29) is 0 Å². The summed E-state index contributed by atoms with van der Waals surface area (Å²) in [7, 11) is 0. The van der Waals surface area contributed by atoms with E-state index in [2.05, 4.69) is 13.8 Å². The van der Waals surface area contributed by atoms with E-state index in [1.807, 2.05) is 0 Å². The molecule has 2 nitrogen and oxygen atoms in total. The van der Waals surface area contributed by atoms with Crippen LogP contribution in [0.4, 0.5) is 0 Å². The second-order valence-electron chi connectivity index (χ2n) is 5.13. The van der Waals surface area contributed by atoms with Crippen LogP contribution in [0.15, 0.2) is 11.1 Å². The Morgan fingerprint density at radius 1 is 1.53 bits per heavy atom. The maximum atomic E-state index is 10.9. The van der Waals surface area contributed by atoms with Crippen LogP contribution in [-0.2, 0) is 4.79 Å². The van der Waals surface area contributed by atoms with Crippen LogP contribution in [0, 0.1) is 11.8 Å². The van der Waals surface area contributed by atoms with Crippen molar-refractivity contribution in [3.8, 4) is 0 Å². The first kappa shape index (κ1) is 12.3. The third-order valence-corrected chi connectivity index (χ3v) is 3.28. The Morgan fingerprint density at radius 3 is 2.73 bits per heavy atom. The number of allylic oxidation sites excluding steroid dienone is 1. The van der Waals surface area contributed by atoms with Gasteiger partial charge in [0.25, 0.3) is 0 Å². The van der Waals surface area contributed by atoms with Gasteiger partial charge in [0, 0.05) is 5.57 Å². The summed E-state index contributed by atoms with van der Waals surface area (Å²) < 4.78 is 0. The summed E-state index contributed by atoms with van der Waals surface area (Å²) in [6.07, 6.45) is 5.67. The van der Waals surface area contributed by atoms with Gasteiger partial charge in [-0.05, 0) is 50.9 Å². The Labute approximate surface area is 92.4 Å². The lowest BCUT2D eigenvalue weighted by molar-refractivity contribution is -0.132. The summed E-state index contributed by atoms with van der Waals surface area (Å²) in [5, 5.41) is 8.94. The third-order valence-electron chi connectivity index (χ3n) is 3.28. The molecular formula is C13H22O2. The minimum Gasteiger partial charge on any atom is -0.478 e. The first-order chi connectivity index (χ1) is 7.00. The van der Waals surface area contributed by atoms with Crippen molar-refractivity contribution in [2.45, 2.75) is 52.9 Å². The Morgan fingerprint density at radius 2 is 2.20 bits per heavy atom. The minimum atomic E-state index is -0.741. The van der Waals surface area contributed by atoms with Crippen LogP contribution in [0.1, 0.15) is 52.9 Å². The van der Waals surface area contributed by atoms with Crippen LogP contribution in [0.25, 0.3) is 0 Å². The second kappa shape index (κ2) is 5.34. The molecule has 1 aliphatic carbocycles. The Bertz CT molecular complexity index is 264. The SMILES string of the molecule is CC(C(=O)O)=C1CCCC(CC(C)C)C1. The zero-order chi connectivity index (χ0) is 11.4. The van der Waals surface area contributed by atoms with E-state index in [0.29, 0.717) is 11.5 Å². The fraction of sp³-hybridized carbons (Fsp3) is 0.769. The molecular weight excluding hydrogens is 188 g/mol. The zero-order valence-electron chi connectivity index (χ0n) is 10.0. The molecule has 86 valence electrons. The molecule has 1 unspecified atom stereocenters. The zero-order valence-corrected chi connectivity index (χ0v) is 10.0. The van der Waals surface area contributed by atoms with Crippen molar-refractivity contribution in [2.24, 2.45) is 11.8 Å². The number of rotatable bonds is 3. The quantitative estimate of drug-likeness (QED) is 0.722. The summed E-state index contributed by atoms with van der Waals surface area (Å²) in [4.78, 5) is 10.9. The summed E-state index contributed by atoms with van der Waals surface area (Å²) in [6.45, 7) is 6.22. The molecule has 1 aliphatic rings. The molecule has 0 aromatic rings. The van der Waals surface area contributed by atoms with Gasteiger partial charge >= 0.3 is 5.97 Å². The summed E-state index contributed by atoms with van der Waals surface area (Å²) in [5.41, 5.74) is 1.77. The lowest BCUT2D eigenvalue weighted by Crippen LogP contribution is -2.14. The van der Waals surface area contributed by atoms with E-state index >= 15 is 0 Å². The molecule has 0 heterocycles. The monoisotopic (exact) mass is 210 g/mol. The molecule has 0 bridgehead atoms. The fourth-order valence-electron chi connectivity index (χ4n) is 2.52. The van der Waals surface area contributed by atoms with Crippen molar-refractivity contribution in [3.63, 3.8) is 0 Å². The van der Waals surface area contributed by atoms with E-state index < -0.39 is 5.97 Å². The van der Waals surface area contributed by atoms with Crippen LogP contribution in [0.5, 0.6) is 0 Å². The predicted octanol–water partition coefficient (Wildman–Crippen LogP) is 3.62. The molecule has 2 heteroatoms. The molecule has 1 saturated carbocycles. The molecule has 0 aliphatic heterocycles. The van der Waals surface area contributed by atoms with Gasteiger partial charge in [-0.2, -0.15) is 0 Å². The smallest absolute Gasteiger partial charge is 0.331 e. The number of aliphatic carboxylic acids is 1. The molecule has 0 aromatic carbocycles. The molecule has 1 N–H and O–H groups in total. The van der Waals surface area contributed by atoms with Gasteiger partial charge in [0.15, 0.2) is 0 Å². The van der Waals surface area contributed by atoms with Gasteiger partial charge in [-0.15, -0.1) is 0 Å². The normalized spacial score (nSPS) is 25.5. The Hall–Kier alpha value is -0.790. The maximum absolute atomic E-state index is 10.9. The number of hydrogen-bond acceptors (Lipinski definition) is 1. The molecule has 0 radical (unpaired) electrons. The van der Waals surface area contributed by atoms with Crippen molar-refractivity contribution in [1.29, 1.82) is 0 Å². The molecule has 0 amide bonds. The molecule has 1 rings (SSSR count). The van der Waals surface area contributed by atoms with Gasteiger partial charge in [0.1, 0.15) is 0 Å². The predicted molar refractivity (Wildman–Crippen MR) is 61.7 cm³/mol. The lowest BCUT2D eigenvalue weighted by atomic mass is 9.79. The average molecular weight is 210 g/mol. The van der Waals surface area contributed by atoms with Crippen LogP contribution < -0.4 is 0 Å². The number of hydrogen-bond donors (Lipinski definition) is 1. The van der Waals surface area contributed by atoms with Crippen molar-refractivity contribution in [3.05, 3.63) is 11.1 Å². The number of carboxylic acid groups (broad SMARTS) is 1. The Kier molecular flexibility index (Phi) is 4.37. The van der Waals surface area contributed by atoms with E-state index in [0.717, 1.165) is 25.2 Å². The molecule has 0 spiro atoms. The molecule has 0 saturated heterocycles. The van der Waals surface area contributed by atoms with Crippen molar-refractivity contribution in [1.82, 2.24) is 0 Å². The largest absolute Gasteiger partial charge is 0.478 e. The molecule has 0 aromatic heterocycles. The first-order valence-electron chi connectivity index (χ1n) is 5.92. The van der Waals surface area contributed by atoms with Gasteiger partial charge in [0.05, 0.1) is 0 Å². The number of carboxylic acids is 1. The highest BCUT2D eigenvalue weighted by Crippen LogP contribution is 2.34. The standard InChI is InChI=1S/C13H22O2/c1-9(2)7-11-5-4-6-12(8-11)10(3)13(14)15/h9,11H,4-8H2,1-3H3,(H,14,15). The van der Waals surface area contributed by atoms with E-state index in [9.17, 15) is 4.79 Å². The first-order valence-corrected chi connectivity index (χ1v) is 5.92. The lowest BCUT2D eigenvalue weighted by Gasteiger charge is -2.26. The van der Waals surface area contributed by atoms with Crippen molar-refractivity contribution in [2.75, 3.05) is 0 Å². The van der Waals surface area contributed by atoms with Crippen LogP contribution in [0.2, 0.25) is 0 Å². The van der Waals surface area contributed by atoms with Crippen LogP contribution in [0.3, 0.4) is 0 Å². The summed E-state index contributed by atoms with van der Waals surface area (Å²) in [5.74, 6) is 0.692. The van der Waals surface area contributed by atoms with Gasteiger partial charge in [-0.3, -0.25) is 0 Å². The molecule has 1 fully saturated rings. The van der Waals surface area contributed by atoms with Gasteiger partial charge < -0.3 is 5.11 Å². The maximum Gasteiger partial charge on any atom is 0.331 e. The highest BCUT2D eigenvalue weighted by Gasteiger charge is 2.21. The summed E-state index contributed by atoms with van der Waals surface area (Å²) in [6, 6.07) is 0. The highest BCUT2D eigenvalue weighted by molar-refractivity contribution is 5.86. The van der Waals surface area contributed by atoms with Crippen LogP contribution >= 0.6 is 0 Å². The van der Waals surface area contributed by atoms with E-state index in [1.165, 1.54) is 18.4 Å². The Balaban J connectivity index is 2.63. The van der Waals surface area contributed by atoms with Crippen molar-refractivity contribution < 1.29 is 9.90 Å². The van der Waals surface area contributed by atoms with E-state index in [1.54, 1.807) is 6.92 Å². The topological polar surface area (TPSA) is 37.3 Å². The average Bonchev–Trinajstić information content (AvgIpc) is 2.16. The fourth-order valence-corrected chi connectivity index (χ4v) is 2.52. The third kappa shape index (κ3) is 3.69.